The molecule has 7 nitrogen and oxygen atoms in total. The Labute approximate surface area is 168 Å². The van der Waals surface area contributed by atoms with Crippen molar-refractivity contribution in [3.63, 3.8) is 0 Å². The fourth-order valence-corrected chi connectivity index (χ4v) is 3.88. The zero-order chi connectivity index (χ0) is 20.4. The molecule has 0 unspecified atom stereocenters. The monoisotopic (exact) mass is 398 g/mol. The Balaban J connectivity index is 1.45. The van der Waals surface area contributed by atoms with E-state index in [9.17, 15) is 14.0 Å². The first-order valence-corrected chi connectivity index (χ1v) is 9.80. The number of carbonyl (C=O) groups is 2. The number of amides is 2. The molecule has 2 aliphatic heterocycles. The summed E-state index contributed by atoms with van der Waals surface area (Å²) >= 11 is 0. The molecule has 2 amide bonds. The van der Waals surface area contributed by atoms with Crippen LogP contribution in [0.3, 0.4) is 0 Å². The van der Waals surface area contributed by atoms with Gasteiger partial charge in [0.2, 0.25) is 5.91 Å². The molecular weight excluding hydrogens is 375 g/mol. The van der Waals surface area contributed by atoms with E-state index in [4.69, 9.17) is 9.72 Å². The molecule has 0 radical (unpaired) electrons. The van der Waals surface area contributed by atoms with E-state index in [1.165, 1.54) is 12.1 Å². The normalized spacial score (nSPS) is 18.5. The molecule has 1 saturated heterocycles. The van der Waals surface area contributed by atoms with Crippen molar-refractivity contribution in [3.8, 4) is 5.75 Å². The highest BCUT2D eigenvalue weighted by atomic mass is 19.1. The molecule has 3 heterocycles. The molecule has 152 valence electrons. The van der Waals surface area contributed by atoms with Gasteiger partial charge in [0.05, 0.1) is 11.7 Å². The summed E-state index contributed by atoms with van der Waals surface area (Å²) in [4.78, 5) is 37.0. The minimum atomic E-state index is -0.490. The Morgan fingerprint density at radius 1 is 1.28 bits per heavy atom. The van der Waals surface area contributed by atoms with Crippen LogP contribution in [0.1, 0.15) is 42.9 Å². The largest absolute Gasteiger partial charge is 0.481 e. The standard InChI is InChI=1S/C21H23FN4O3/c1-14(27)25-10-8-17-15(12-25)11-23-21(24-17)18-6-4-9-26(18)20(28)13-29-19-7-3-2-5-16(19)22/h2-3,5,7,11,18H,4,6,8-10,12-13H2,1H3/t18-/m0/s1. The van der Waals surface area contributed by atoms with Gasteiger partial charge in [0.15, 0.2) is 24.0 Å². The van der Waals surface area contributed by atoms with Gasteiger partial charge in [0, 0.05) is 44.7 Å². The van der Waals surface area contributed by atoms with E-state index < -0.39 is 5.82 Å². The Morgan fingerprint density at radius 3 is 2.90 bits per heavy atom. The highest BCUT2D eigenvalue weighted by Crippen LogP contribution is 2.31. The molecule has 4 rings (SSSR count). The fourth-order valence-electron chi connectivity index (χ4n) is 3.88. The summed E-state index contributed by atoms with van der Waals surface area (Å²) in [6.45, 7) is 3.10. The van der Waals surface area contributed by atoms with Crippen molar-refractivity contribution in [1.82, 2.24) is 19.8 Å². The number of hydrogen-bond acceptors (Lipinski definition) is 5. The van der Waals surface area contributed by atoms with Gasteiger partial charge in [-0.3, -0.25) is 9.59 Å². The molecule has 0 bridgehead atoms. The maximum absolute atomic E-state index is 13.7. The van der Waals surface area contributed by atoms with Gasteiger partial charge in [-0.1, -0.05) is 12.1 Å². The van der Waals surface area contributed by atoms with Crippen molar-refractivity contribution >= 4 is 11.8 Å². The van der Waals surface area contributed by atoms with Crippen LogP contribution in [-0.2, 0) is 22.6 Å². The Kier molecular flexibility index (Phi) is 5.42. The van der Waals surface area contributed by atoms with Crippen LogP contribution in [0.25, 0.3) is 0 Å². The van der Waals surface area contributed by atoms with Gasteiger partial charge >= 0.3 is 0 Å². The second-order valence-corrected chi connectivity index (χ2v) is 7.35. The van der Waals surface area contributed by atoms with Crippen LogP contribution in [0.2, 0.25) is 0 Å². The maximum Gasteiger partial charge on any atom is 0.261 e. The van der Waals surface area contributed by atoms with Crippen LogP contribution in [-0.4, -0.2) is 51.3 Å². The summed E-state index contributed by atoms with van der Waals surface area (Å²) in [5, 5.41) is 0. The average molecular weight is 398 g/mol. The number of fused-ring (bicyclic) bond motifs is 1. The summed E-state index contributed by atoms with van der Waals surface area (Å²) in [5.41, 5.74) is 1.89. The summed E-state index contributed by atoms with van der Waals surface area (Å²) in [7, 11) is 0. The van der Waals surface area contributed by atoms with Gasteiger partial charge in [-0.25, -0.2) is 14.4 Å². The zero-order valence-corrected chi connectivity index (χ0v) is 16.3. The van der Waals surface area contributed by atoms with Crippen LogP contribution in [0.5, 0.6) is 5.75 Å². The van der Waals surface area contributed by atoms with Crippen LogP contribution >= 0.6 is 0 Å². The smallest absolute Gasteiger partial charge is 0.261 e. The van der Waals surface area contributed by atoms with Crippen LogP contribution < -0.4 is 4.74 Å². The van der Waals surface area contributed by atoms with E-state index >= 15 is 0 Å². The zero-order valence-electron chi connectivity index (χ0n) is 16.3. The quantitative estimate of drug-likeness (QED) is 0.790. The van der Waals surface area contributed by atoms with E-state index in [0.29, 0.717) is 31.9 Å². The van der Waals surface area contributed by atoms with Crippen LogP contribution in [0.15, 0.2) is 30.5 Å². The Hall–Kier alpha value is -3.03. The number of rotatable bonds is 4. The molecular formula is C21H23FN4O3. The molecule has 2 aromatic rings. The number of para-hydroxylation sites is 1. The van der Waals surface area contributed by atoms with Crippen molar-refractivity contribution < 1.29 is 18.7 Å². The molecule has 8 heteroatoms. The highest BCUT2D eigenvalue weighted by Gasteiger charge is 2.33. The van der Waals surface area contributed by atoms with E-state index in [1.807, 2.05) is 0 Å². The minimum Gasteiger partial charge on any atom is -0.481 e. The van der Waals surface area contributed by atoms with Crippen molar-refractivity contribution in [2.24, 2.45) is 0 Å². The molecule has 1 fully saturated rings. The lowest BCUT2D eigenvalue weighted by atomic mass is 10.1. The van der Waals surface area contributed by atoms with Crippen molar-refractivity contribution in [2.75, 3.05) is 19.7 Å². The molecule has 0 saturated carbocycles. The van der Waals surface area contributed by atoms with Gasteiger partial charge in [-0.05, 0) is 25.0 Å². The number of hydrogen-bond donors (Lipinski definition) is 0. The van der Waals surface area contributed by atoms with Crippen molar-refractivity contribution in [1.29, 1.82) is 0 Å². The van der Waals surface area contributed by atoms with Crippen molar-refractivity contribution in [3.05, 3.63) is 53.4 Å². The third-order valence-electron chi connectivity index (χ3n) is 5.46. The highest BCUT2D eigenvalue weighted by molar-refractivity contribution is 5.78. The number of halogens is 1. The summed E-state index contributed by atoms with van der Waals surface area (Å²) in [6, 6.07) is 5.83. The number of ether oxygens (including phenoxy) is 1. The Morgan fingerprint density at radius 2 is 2.10 bits per heavy atom. The molecule has 29 heavy (non-hydrogen) atoms. The molecule has 0 aliphatic carbocycles. The number of aromatic nitrogens is 2. The first kappa shape index (κ1) is 19.3. The number of likely N-dealkylation sites (tertiary alicyclic amines) is 1. The maximum atomic E-state index is 13.7. The predicted molar refractivity (Wildman–Crippen MR) is 102 cm³/mol. The molecule has 0 N–H and O–H groups in total. The van der Waals surface area contributed by atoms with Gasteiger partial charge in [0.25, 0.3) is 5.91 Å². The van der Waals surface area contributed by atoms with Gasteiger partial charge in [0.1, 0.15) is 0 Å². The first-order valence-electron chi connectivity index (χ1n) is 9.80. The summed E-state index contributed by atoms with van der Waals surface area (Å²) in [6.07, 6.45) is 4.09. The SMILES string of the molecule is CC(=O)N1CCc2nc([C@@H]3CCCN3C(=O)COc3ccccc3F)ncc2C1. The Bertz CT molecular complexity index is 936. The lowest BCUT2D eigenvalue weighted by Crippen LogP contribution is -2.37. The number of benzene rings is 1. The topological polar surface area (TPSA) is 75.6 Å². The third kappa shape index (κ3) is 4.06. The van der Waals surface area contributed by atoms with Gasteiger partial charge in [-0.2, -0.15) is 0 Å². The molecule has 1 aromatic heterocycles. The average Bonchev–Trinajstić information content (AvgIpc) is 3.22. The molecule has 2 aliphatic rings. The van der Waals surface area contributed by atoms with Gasteiger partial charge < -0.3 is 14.5 Å². The van der Waals surface area contributed by atoms with E-state index in [0.717, 1.165) is 24.1 Å². The van der Waals surface area contributed by atoms with E-state index in [1.54, 1.807) is 35.1 Å². The predicted octanol–water partition coefficient (Wildman–Crippen LogP) is 2.26. The van der Waals surface area contributed by atoms with Gasteiger partial charge in [-0.15, -0.1) is 0 Å². The minimum absolute atomic E-state index is 0.0437. The summed E-state index contributed by atoms with van der Waals surface area (Å²) in [5.74, 6) is 0.0336. The van der Waals surface area contributed by atoms with Crippen LogP contribution in [0.4, 0.5) is 4.39 Å². The van der Waals surface area contributed by atoms with Crippen molar-refractivity contribution in [2.45, 2.75) is 38.8 Å². The van der Waals surface area contributed by atoms with Crippen LogP contribution in [0, 0.1) is 5.82 Å². The fraction of sp³-hybridized carbons (Fsp3) is 0.429. The molecule has 1 atom stereocenters. The summed E-state index contributed by atoms with van der Waals surface area (Å²) < 4.78 is 19.1. The number of nitrogens with zero attached hydrogens (tertiary/aromatic N) is 4. The third-order valence-corrected chi connectivity index (χ3v) is 5.46. The molecule has 1 aromatic carbocycles. The lowest BCUT2D eigenvalue weighted by Gasteiger charge is -2.28. The lowest BCUT2D eigenvalue weighted by molar-refractivity contribution is -0.134. The van der Waals surface area contributed by atoms with E-state index in [2.05, 4.69) is 4.98 Å². The second-order valence-electron chi connectivity index (χ2n) is 7.35. The first-order chi connectivity index (χ1) is 14.0. The van der Waals surface area contributed by atoms with E-state index in [-0.39, 0.29) is 30.2 Å². The molecule has 0 spiro atoms. The number of carbonyl (C=O) groups excluding carboxylic acids is 2. The second kappa shape index (κ2) is 8.14.